The second-order valence-corrected chi connectivity index (χ2v) is 17.7. The molecule has 338 valence electrons. The van der Waals surface area contributed by atoms with Crippen molar-refractivity contribution in [3.63, 3.8) is 0 Å². The van der Waals surface area contributed by atoms with Crippen LogP contribution in [-0.4, -0.2) is 87.2 Å². The van der Waals surface area contributed by atoms with Crippen molar-refractivity contribution >= 4 is 45.2 Å². The summed E-state index contributed by atoms with van der Waals surface area (Å²) in [7, 11) is 0. The van der Waals surface area contributed by atoms with Gasteiger partial charge in [0.25, 0.3) is 0 Å². The highest BCUT2D eigenvalue weighted by Gasteiger charge is 2.32. The molecule has 4 amide bonds. The third kappa shape index (κ3) is 15.0. The number of hydrogen-bond donors (Lipinski definition) is 8. The minimum Gasteiger partial charge on any atom is -0.395 e. The van der Waals surface area contributed by atoms with Gasteiger partial charge in [-0.25, -0.2) is 4.98 Å². The number of H-pyrrole nitrogens is 1. The van der Waals surface area contributed by atoms with E-state index >= 15 is 0 Å². The molecule has 2 unspecified atom stereocenters. The smallest absolute Gasteiger partial charge is 0.243 e. The summed E-state index contributed by atoms with van der Waals surface area (Å²) in [6.07, 6.45) is 5.24. The third-order valence-corrected chi connectivity index (χ3v) is 11.5. The van der Waals surface area contributed by atoms with Crippen molar-refractivity contribution in [2.24, 2.45) is 23.5 Å². The Hall–Kier alpha value is -5.63. The summed E-state index contributed by atoms with van der Waals surface area (Å²) in [5, 5.41) is 36.8. The van der Waals surface area contributed by atoms with Gasteiger partial charge in [-0.3, -0.25) is 19.2 Å². The van der Waals surface area contributed by atoms with E-state index in [2.05, 4.69) is 67.6 Å². The van der Waals surface area contributed by atoms with E-state index in [1.165, 1.54) is 6.33 Å². The van der Waals surface area contributed by atoms with Crippen LogP contribution in [0.4, 0.5) is 0 Å². The number of carbonyl (C=O) groups is 4. The monoisotopic (exact) mass is 862 g/mol. The summed E-state index contributed by atoms with van der Waals surface area (Å²) in [6.45, 7) is 8.14. The lowest BCUT2D eigenvalue weighted by Crippen LogP contribution is -2.55. The van der Waals surface area contributed by atoms with Gasteiger partial charge in [0.15, 0.2) is 0 Å². The second-order valence-electron chi connectivity index (χ2n) is 17.7. The first-order chi connectivity index (χ1) is 30.3. The number of amides is 4. The number of aliphatic hydroxyl groups is 2. The van der Waals surface area contributed by atoms with Crippen molar-refractivity contribution in [1.29, 1.82) is 0 Å². The van der Waals surface area contributed by atoms with E-state index in [-0.39, 0.29) is 49.1 Å². The summed E-state index contributed by atoms with van der Waals surface area (Å²) in [5.41, 5.74) is 8.47. The average Bonchev–Trinajstić information content (AvgIpc) is 3.78. The Labute approximate surface area is 371 Å². The van der Waals surface area contributed by atoms with Crippen LogP contribution in [0.15, 0.2) is 97.5 Å². The van der Waals surface area contributed by atoms with Crippen molar-refractivity contribution < 1.29 is 29.4 Å². The Bertz CT molecular complexity index is 2140. The third-order valence-electron chi connectivity index (χ3n) is 11.5. The summed E-state index contributed by atoms with van der Waals surface area (Å²) in [4.78, 5) is 63.0. The van der Waals surface area contributed by atoms with Gasteiger partial charge in [0.05, 0.1) is 31.5 Å². The molecule has 5 aromatic rings. The molecule has 9 N–H and O–H groups in total. The lowest BCUT2D eigenvalue weighted by molar-refractivity contribution is -0.133. The maximum Gasteiger partial charge on any atom is 0.243 e. The van der Waals surface area contributed by atoms with E-state index in [9.17, 15) is 24.3 Å². The maximum absolute atomic E-state index is 14.7. The molecule has 0 bridgehead atoms. The number of rotatable bonds is 25. The Morgan fingerprint density at radius 2 is 1.30 bits per heavy atom. The van der Waals surface area contributed by atoms with Crippen LogP contribution >= 0.6 is 0 Å². The van der Waals surface area contributed by atoms with E-state index in [0.717, 1.165) is 39.1 Å². The maximum atomic E-state index is 14.7. The fourth-order valence-corrected chi connectivity index (χ4v) is 8.19. The van der Waals surface area contributed by atoms with Crippen LogP contribution in [0.5, 0.6) is 0 Å². The molecule has 0 saturated carbocycles. The molecule has 13 nitrogen and oxygen atoms in total. The fourth-order valence-electron chi connectivity index (χ4n) is 8.19. The van der Waals surface area contributed by atoms with E-state index in [4.69, 9.17) is 10.8 Å². The van der Waals surface area contributed by atoms with Crippen molar-refractivity contribution in [2.45, 2.75) is 116 Å². The van der Waals surface area contributed by atoms with E-state index in [1.54, 1.807) is 6.20 Å². The van der Waals surface area contributed by atoms with Gasteiger partial charge < -0.3 is 42.2 Å². The topological polar surface area (TPSA) is 212 Å². The molecule has 5 atom stereocenters. The van der Waals surface area contributed by atoms with Crippen LogP contribution in [0.1, 0.15) is 83.0 Å². The van der Waals surface area contributed by atoms with Crippen LogP contribution in [0.2, 0.25) is 0 Å². The molecule has 0 radical (unpaired) electrons. The number of aromatic nitrogens is 2. The number of unbranched alkanes of at least 4 members (excludes halogenated alkanes) is 1. The highest BCUT2D eigenvalue weighted by molar-refractivity contribution is 5.92. The zero-order valence-electron chi connectivity index (χ0n) is 37.2. The first-order valence-electron chi connectivity index (χ1n) is 22.4. The molecule has 13 heteroatoms. The number of benzene rings is 4. The van der Waals surface area contributed by atoms with Gasteiger partial charge in [-0.1, -0.05) is 119 Å². The number of nitrogens with one attached hydrogen (secondary N) is 5. The quantitative estimate of drug-likeness (QED) is 0.0362. The summed E-state index contributed by atoms with van der Waals surface area (Å²) >= 11 is 0. The number of imidazole rings is 1. The molecule has 0 aliphatic rings. The van der Waals surface area contributed by atoms with E-state index < -0.39 is 42.0 Å². The lowest BCUT2D eigenvalue weighted by atomic mass is 9.87. The number of aliphatic hydroxyl groups excluding tert-OH is 2. The number of fused-ring (bicyclic) bond motifs is 2. The molecule has 5 rings (SSSR count). The molecular formula is C50H67N7O6. The molecule has 0 aliphatic heterocycles. The standard InChI is InChI=1S/C50H67N7O6/c1-32(2)23-43(46(59)28-47(60)55-44(24-33(3)4)49(62)53-22-10-9-19-39(51)30-58)56-50(63)45(27-40-29-52-31-54-40)57-48(61)38(25-36-17-11-15-34-13-5-7-20-41(34)36)26-37-18-12-16-35-14-6-8-21-42(35)37/h5-8,11-18,20-21,29,31-33,38-39,43-46,58-59H,9-10,19,22-28,30,51H2,1-4H3,(H,52,54)(H,53,62)(H,55,60)(H,56,63)(H,57,61)/t39?,43-,44?,45-,46-/m0/s1. The number of carbonyl (C=O) groups excluding carboxylic acids is 4. The van der Waals surface area contributed by atoms with Crippen LogP contribution in [0.3, 0.4) is 0 Å². The summed E-state index contributed by atoms with van der Waals surface area (Å²) < 4.78 is 0. The predicted octanol–water partition coefficient (Wildman–Crippen LogP) is 5.26. The molecule has 0 saturated heterocycles. The largest absolute Gasteiger partial charge is 0.395 e. The Balaban J connectivity index is 1.33. The zero-order chi connectivity index (χ0) is 45.3. The number of aromatic amines is 1. The van der Waals surface area contributed by atoms with Gasteiger partial charge in [0, 0.05) is 36.8 Å². The van der Waals surface area contributed by atoms with Gasteiger partial charge in [0.2, 0.25) is 23.6 Å². The highest BCUT2D eigenvalue weighted by atomic mass is 16.3. The Morgan fingerprint density at radius 3 is 1.87 bits per heavy atom. The summed E-state index contributed by atoms with van der Waals surface area (Å²) in [5.74, 6) is -2.06. The van der Waals surface area contributed by atoms with Crippen molar-refractivity contribution in [3.05, 3.63) is 114 Å². The number of hydrogen-bond acceptors (Lipinski definition) is 8. The minimum absolute atomic E-state index is 0.0332. The Morgan fingerprint density at radius 1 is 0.698 bits per heavy atom. The zero-order valence-corrected chi connectivity index (χ0v) is 37.2. The Kier molecular flexibility index (Phi) is 18.7. The van der Waals surface area contributed by atoms with Crippen LogP contribution < -0.4 is 27.0 Å². The van der Waals surface area contributed by atoms with E-state index in [1.807, 2.05) is 76.2 Å². The van der Waals surface area contributed by atoms with E-state index in [0.29, 0.717) is 50.8 Å². The number of nitrogens with two attached hydrogens (primary N) is 1. The normalized spacial score (nSPS) is 14.1. The lowest BCUT2D eigenvalue weighted by Gasteiger charge is -2.29. The van der Waals surface area contributed by atoms with Gasteiger partial charge in [-0.15, -0.1) is 0 Å². The molecule has 4 aromatic carbocycles. The van der Waals surface area contributed by atoms with Crippen LogP contribution in [-0.2, 0) is 38.4 Å². The molecular weight excluding hydrogens is 795 g/mol. The van der Waals surface area contributed by atoms with Gasteiger partial charge >= 0.3 is 0 Å². The minimum atomic E-state index is -1.29. The molecule has 0 spiro atoms. The second kappa shape index (κ2) is 24.3. The summed E-state index contributed by atoms with van der Waals surface area (Å²) in [6, 6.07) is 25.4. The highest BCUT2D eigenvalue weighted by Crippen LogP contribution is 2.27. The molecule has 1 heterocycles. The first kappa shape index (κ1) is 48.4. The van der Waals surface area contributed by atoms with Gasteiger partial charge in [-0.05, 0) is 83.0 Å². The molecule has 63 heavy (non-hydrogen) atoms. The SMILES string of the molecule is CC(C)CC(NC(=O)C[C@H](O)[C@H](CC(C)C)NC(=O)[C@H](Cc1cnc[nH]1)NC(=O)C(Cc1cccc2ccccc12)Cc1cccc2ccccc12)C(=O)NCCCCC(N)CO. The van der Waals surface area contributed by atoms with Crippen molar-refractivity contribution in [2.75, 3.05) is 13.2 Å². The average molecular weight is 862 g/mol. The molecule has 0 aliphatic carbocycles. The molecule has 1 aromatic heterocycles. The van der Waals surface area contributed by atoms with Crippen LogP contribution in [0.25, 0.3) is 21.5 Å². The van der Waals surface area contributed by atoms with Crippen LogP contribution in [0, 0.1) is 17.8 Å². The van der Waals surface area contributed by atoms with Gasteiger partial charge in [0.1, 0.15) is 12.1 Å². The predicted molar refractivity (Wildman–Crippen MR) is 248 cm³/mol. The molecule has 0 fully saturated rings. The number of nitrogens with zero attached hydrogens (tertiary/aromatic N) is 1. The fraction of sp³-hybridized carbons (Fsp3) is 0.460. The van der Waals surface area contributed by atoms with Gasteiger partial charge in [-0.2, -0.15) is 0 Å². The van der Waals surface area contributed by atoms with Crippen molar-refractivity contribution in [1.82, 2.24) is 31.2 Å². The van der Waals surface area contributed by atoms with Crippen molar-refractivity contribution in [3.8, 4) is 0 Å². The first-order valence-corrected chi connectivity index (χ1v) is 22.4.